The fourth-order valence-electron chi connectivity index (χ4n) is 3.38. The first-order valence-electron chi connectivity index (χ1n) is 10.8. The zero-order valence-electron chi connectivity index (χ0n) is 18.8. The van der Waals surface area contributed by atoms with Crippen molar-refractivity contribution in [3.05, 3.63) is 69.9 Å². The van der Waals surface area contributed by atoms with Gasteiger partial charge in [-0.2, -0.15) is 0 Å². The van der Waals surface area contributed by atoms with Crippen molar-refractivity contribution in [2.45, 2.75) is 38.3 Å². The van der Waals surface area contributed by atoms with Crippen LogP contribution in [0.5, 0.6) is 0 Å². The summed E-state index contributed by atoms with van der Waals surface area (Å²) < 4.78 is 4.70. The van der Waals surface area contributed by atoms with E-state index in [1.54, 1.807) is 23.1 Å². The van der Waals surface area contributed by atoms with Crippen LogP contribution in [0.1, 0.15) is 46.3 Å². The Morgan fingerprint density at radius 3 is 2.79 bits per heavy atom. The lowest BCUT2D eigenvalue weighted by Crippen LogP contribution is -2.32. The van der Waals surface area contributed by atoms with Gasteiger partial charge < -0.3 is 14.7 Å². The Labute approximate surface area is 199 Å². The molecule has 0 spiro atoms. The van der Waals surface area contributed by atoms with Gasteiger partial charge in [-0.3, -0.25) is 4.79 Å². The average Bonchev–Trinajstić information content (AvgIpc) is 3.44. The molecule has 33 heavy (non-hydrogen) atoms. The van der Waals surface area contributed by atoms with Crippen molar-refractivity contribution in [2.75, 3.05) is 13.7 Å². The van der Waals surface area contributed by atoms with Gasteiger partial charge in [-0.1, -0.05) is 61.0 Å². The number of carbonyl (C=O) groups excluding carboxylic acids is 2. The molecule has 0 bridgehead atoms. The zero-order chi connectivity index (χ0) is 23.6. The fraction of sp³-hybridized carbons (Fsp3) is 0.333. The fourth-order valence-corrected chi connectivity index (χ4v) is 4.18. The van der Waals surface area contributed by atoms with Crippen LogP contribution >= 0.6 is 11.3 Å². The summed E-state index contributed by atoms with van der Waals surface area (Å²) in [6.45, 7) is 2.26. The molecule has 1 aliphatic heterocycles. The topological polar surface area (TPSA) is 66.8 Å². The number of aliphatic hydroxyl groups excluding tert-OH is 1. The second kappa shape index (κ2) is 12.1. The molecule has 170 valence electrons. The maximum atomic E-state index is 12.3. The van der Waals surface area contributed by atoms with E-state index in [0.717, 1.165) is 10.4 Å². The van der Waals surface area contributed by atoms with Crippen molar-refractivity contribution in [3.63, 3.8) is 0 Å². The van der Waals surface area contributed by atoms with Crippen molar-refractivity contribution in [1.29, 1.82) is 0 Å². The van der Waals surface area contributed by atoms with Crippen LogP contribution in [0.15, 0.2) is 54.6 Å². The van der Waals surface area contributed by atoms with E-state index in [0.29, 0.717) is 30.7 Å². The van der Waals surface area contributed by atoms with Gasteiger partial charge in [0.2, 0.25) is 5.91 Å². The monoisotopic (exact) mass is 461 g/mol. The molecule has 0 aliphatic carbocycles. The van der Waals surface area contributed by atoms with Crippen LogP contribution in [0.25, 0.3) is 0 Å². The molecule has 3 unspecified atom stereocenters. The second-order valence-corrected chi connectivity index (χ2v) is 8.89. The predicted molar refractivity (Wildman–Crippen MR) is 130 cm³/mol. The van der Waals surface area contributed by atoms with Crippen LogP contribution < -0.4 is 0 Å². The van der Waals surface area contributed by atoms with Crippen LogP contribution in [0, 0.1) is 29.6 Å². The quantitative estimate of drug-likeness (QED) is 0.403. The van der Waals surface area contributed by atoms with Gasteiger partial charge in [-0.05, 0) is 36.6 Å². The molecule has 1 fully saturated rings. The minimum absolute atomic E-state index is 0.0226. The molecule has 1 aromatic carbocycles. The number of amides is 1. The molecule has 1 aliphatic rings. The minimum atomic E-state index is -0.637. The maximum absolute atomic E-state index is 12.3. The van der Waals surface area contributed by atoms with Crippen molar-refractivity contribution in [3.8, 4) is 23.7 Å². The van der Waals surface area contributed by atoms with Gasteiger partial charge >= 0.3 is 5.97 Å². The number of hydrogen-bond donors (Lipinski definition) is 1. The van der Waals surface area contributed by atoms with Gasteiger partial charge in [-0.15, -0.1) is 11.3 Å². The summed E-state index contributed by atoms with van der Waals surface area (Å²) >= 11 is 1.26. The minimum Gasteiger partial charge on any atom is -0.465 e. The number of hydrogen-bond acceptors (Lipinski definition) is 5. The number of nitrogens with zero attached hydrogens (tertiary/aromatic N) is 1. The number of likely N-dealkylation sites (tertiary alicyclic amines) is 1. The lowest BCUT2D eigenvalue weighted by molar-refractivity contribution is -0.127. The third kappa shape index (κ3) is 7.08. The molecule has 1 amide bonds. The van der Waals surface area contributed by atoms with Crippen LogP contribution in [-0.4, -0.2) is 47.7 Å². The number of aliphatic hydroxyl groups is 1. The summed E-state index contributed by atoms with van der Waals surface area (Å²) in [7, 11) is 1.34. The first-order chi connectivity index (χ1) is 16.0. The summed E-state index contributed by atoms with van der Waals surface area (Å²) in [5.41, 5.74) is 0.958. The highest BCUT2D eigenvalue weighted by molar-refractivity contribution is 7.14. The first kappa shape index (κ1) is 24.3. The van der Waals surface area contributed by atoms with Gasteiger partial charge in [-0.25, -0.2) is 4.79 Å². The highest BCUT2D eigenvalue weighted by Gasteiger charge is 2.28. The van der Waals surface area contributed by atoms with Crippen molar-refractivity contribution in [1.82, 2.24) is 4.90 Å². The summed E-state index contributed by atoms with van der Waals surface area (Å²) in [6, 6.07) is 13.1. The standard InChI is InChI=1S/C27H27NO4S/c1-20(8-6-11-21-9-4-3-5-10-21)24(29)16-13-22-14-18-26(30)28(22)19-7-12-23-15-17-25(33-23)27(31)32-2/h3-5,9-10,13,15-17,20,22,24,29H,8,14,18-19H2,1-2H3. The molecular weight excluding hydrogens is 434 g/mol. The van der Waals surface area contributed by atoms with Gasteiger partial charge in [0.05, 0.1) is 30.7 Å². The summed E-state index contributed by atoms with van der Waals surface area (Å²) in [5.74, 6) is 11.9. The van der Waals surface area contributed by atoms with E-state index in [9.17, 15) is 14.7 Å². The molecule has 3 atom stereocenters. The Balaban J connectivity index is 1.54. The molecule has 6 heteroatoms. The molecular formula is C27H27NO4S. The second-order valence-electron chi connectivity index (χ2n) is 7.81. The predicted octanol–water partition coefficient (Wildman–Crippen LogP) is 3.87. The van der Waals surface area contributed by atoms with Crippen molar-refractivity contribution < 1.29 is 19.4 Å². The van der Waals surface area contributed by atoms with E-state index in [1.165, 1.54) is 18.4 Å². The molecule has 0 radical (unpaired) electrons. The van der Waals surface area contributed by atoms with Gasteiger partial charge in [0.15, 0.2) is 0 Å². The van der Waals surface area contributed by atoms with Gasteiger partial charge in [0.1, 0.15) is 4.88 Å². The number of benzene rings is 1. The molecule has 2 heterocycles. The Hall–Kier alpha value is -3.32. The highest BCUT2D eigenvalue weighted by Crippen LogP contribution is 2.21. The normalized spacial score (nSPS) is 17.1. The third-order valence-electron chi connectivity index (χ3n) is 5.37. The number of thiophene rings is 1. The van der Waals surface area contributed by atoms with E-state index in [4.69, 9.17) is 4.74 Å². The largest absolute Gasteiger partial charge is 0.465 e. The van der Waals surface area contributed by atoms with E-state index < -0.39 is 6.10 Å². The summed E-state index contributed by atoms with van der Waals surface area (Å²) in [4.78, 5) is 26.8. The lowest BCUT2D eigenvalue weighted by atomic mass is 9.99. The molecule has 1 N–H and O–H groups in total. The number of esters is 1. The summed E-state index contributed by atoms with van der Waals surface area (Å²) in [6.07, 6.45) is 4.78. The molecule has 3 rings (SSSR count). The van der Waals surface area contributed by atoms with Crippen LogP contribution in [0.2, 0.25) is 0 Å². The molecule has 1 aromatic heterocycles. The number of carbonyl (C=O) groups is 2. The SMILES string of the molecule is COC(=O)c1ccc(C#CCN2C(=O)CCC2C=CC(O)C(C)CC#Cc2ccccc2)s1. The molecule has 1 saturated heterocycles. The average molecular weight is 462 g/mol. The lowest BCUT2D eigenvalue weighted by Gasteiger charge is -2.20. The molecule has 2 aromatic rings. The van der Waals surface area contributed by atoms with Crippen LogP contribution in [0.4, 0.5) is 0 Å². The van der Waals surface area contributed by atoms with Crippen molar-refractivity contribution >= 4 is 23.2 Å². The van der Waals surface area contributed by atoms with Crippen LogP contribution in [-0.2, 0) is 9.53 Å². The maximum Gasteiger partial charge on any atom is 0.348 e. The number of methoxy groups -OCH3 is 1. The van der Waals surface area contributed by atoms with Gasteiger partial charge in [0, 0.05) is 18.4 Å². The zero-order valence-corrected chi connectivity index (χ0v) is 19.6. The summed E-state index contributed by atoms with van der Waals surface area (Å²) in [5, 5.41) is 10.5. The Kier molecular flexibility index (Phi) is 8.89. The Morgan fingerprint density at radius 2 is 2.03 bits per heavy atom. The highest BCUT2D eigenvalue weighted by atomic mass is 32.1. The van der Waals surface area contributed by atoms with E-state index in [1.807, 2.05) is 43.3 Å². The van der Waals surface area contributed by atoms with E-state index in [2.05, 4.69) is 23.7 Å². The number of rotatable bonds is 6. The van der Waals surface area contributed by atoms with E-state index in [-0.39, 0.29) is 23.8 Å². The van der Waals surface area contributed by atoms with Gasteiger partial charge in [0.25, 0.3) is 0 Å². The third-order valence-corrected chi connectivity index (χ3v) is 6.35. The van der Waals surface area contributed by atoms with Crippen LogP contribution in [0.3, 0.4) is 0 Å². The van der Waals surface area contributed by atoms with E-state index >= 15 is 0 Å². The Bertz CT molecular complexity index is 1110. The van der Waals surface area contributed by atoms with Crippen molar-refractivity contribution in [2.24, 2.45) is 5.92 Å². The smallest absolute Gasteiger partial charge is 0.348 e. The molecule has 0 saturated carbocycles. The number of ether oxygens (including phenoxy) is 1. The Morgan fingerprint density at radius 1 is 1.24 bits per heavy atom. The molecule has 5 nitrogen and oxygen atoms in total. The first-order valence-corrected chi connectivity index (χ1v) is 11.7.